The Balaban J connectivity index is 1.11. The first kappa shape index (κ1) is 25.4. The second-order valence-electron chi connectivity index (χ2n) is 11.4. The van der Waals surface area contributed by atoms with Crippen LogP contribution in [0.3, 0.4) is 0 Å². The van der Waals surface area contributed by atoms with Crippen LogP contribution in [0.25, 0.3) is 11.3 Å². The average molecular weight is 556 g/mol. The number of anilines is 1. The zero-order chi connectivity index (χ0) is 27.8. The van der Waals surface area contributed by atoms with Gasteiger partial charge in [0.1, 0.15) is 23.0 Å². The van der Waals surface area contributed by atoms with Gasteiger partial charge in [0.15, 0.2) is 0 Å². The molecule has 1 N–H and O–H groups in total. The number of carboxylic acids is 1. The summed E-state index contributed by atoms with van der Waals surface area (Å²) < 4.78 is 55.7. The van der Waals surface area contributed by atoms with Crippen molar-refractivity contribution in [2.45, 2.75) is 82.0 Å². The number of pyridine rings is 1. The van der Waals surface area contributed by atoms with Crippen LogP contribution in [0.1, 0.15) is 71.7 Å². The van der Waals surface area contributed by atoms with Gasteiger partial charge < -0.3 is 24.0 Å². The maximum atomic E-state index is 13.1. The van der Waals surface area contributed by atoms with E-state index in [0.29, 0.717) is 28.5 Å². The third kappa shape index (κ3) is 4.13. The van der Waals surface area contributed by atoms with E-state index >= 15 is 0 Å². The lowest BCUT2D eigenvalue weighted by Crippen LogP contribution is -2.46. The van der Waals surface area contributed by atoms with Gasteiger partial charge in [-0.3, -0.25) is 0 Å². The molecular weight excluding hydrogens is 527 g/mol. The monoisotopic (exact) mass is 555 g/mol. The Morgan fingerprint density at radius 3 is 2.70 bits per heavy atom. The number of benzene rings is 1. The van der Waals surface area contributed by atoms with Crippen molar-refractivity contribution in [1.29, 1.82) is 0 Å². The second kappa shape index (κ2) is 8.95. The first-order valence-corrected chi connectivity index (χ1v) is 13.6. The van der Waals surface area contributed by atoms with Crippen LogP contribution in [0.5, 0.6) is 5.75 Å². The second-order valence-corrected chi connectivity index (χ2v) is 11.4. The molecule has 11 heteroatoms. The predicted molar refractivity (Wildman–Crippen MR) is 136 cm³/mol. The number of rotatable bonds is 8. The van der Waals surface area contributed by atoms with Gasteiger partial charge in [0.2, 0.25) is 0 Å². The van der Waals surface area contributed by atoms with Crippen molar-refractivity contribution in [2.75, 3.05) is 4.90 Å². The average Bonchev–Trinajstić information content (AvgIpc) is 3.80. The van der Waals surface area contributed by atoms with Crippen LogP contribution in [0.2, 0.25) is 0 Å². The lowest BCUT2D eigenvalue weighted by molar-refractivity contribution is -0.274. The van der Waals surface area contributed by atoms with E-state index in [1.54, 1.807) is 19.1 Å². The molecular formula is C29H28F3N3O5. The number of hydrogen-bond acceptors (Lipinski definition) is 7. The van der Waals surface area contributed by atoms with Gasteiger partial charge in [0.25, 0.3) is 0 Å². The summed E-state index contributed by atoms with van der Waals surface area (Å²) >= 11 is 0. The van der Waals surface area contributed by atoms with Crippen LogP contribution in [-0.4, -0.2) is 45.3 Å². The fourth-order valence-electron chi connectivity index (χ4n) is 6.93. The van der Waals surface area contributed by atoms with E-state index < -0.39 is 12.3 Å². The van der Waals surface area contributed by atoms with Crippen molar-refractivity contribution < 1.29 is 37.1 Å². The fourth-order valence-corrected chi connectivity index (χ4v) is 6.93. The molecule has 1 saturated heterocycles. The number of aromatic carboxylic acids is 1. The van der Waals surface area contributed by atoms with E-state index in [0.717, 1.165) is 44.3 Å². The van der Waals surface area contributed by atoms with Gasteiger partial charge in [-0.1, -0.05) is 17.3 Å². The summed E-state index contributed by atoms with van der Waals surface area (Å²) in [5, 5.41) is 13.6. The maximum Gasteiger partial charge on any atom is 0.573 e. The van der Waals surface area contributed by atoms with Crippen molar-refractivity contribution >= 4 is 11.8 Å². The molecule has 2 aromatic heterocycles. The van der Waals surface area contributed by atoms with Gasteiger partial charge in [-0.25, -0.2) is 9.78 Å². The molecule has 210 valence electrons. The molecule has 0 bridgehead atoms. The molecule has 1 spiro atoms. The predicted octanol–water partition coefficient (Wildman–Crippen LogP) is 6.24. The van der Waals surface area contributed by atoms with Gasteiger partial charge in [0, 0.05) is 23.2 Å². The molecule has 2 unspecified atom stereocenters. The quantitative estimate of drug-likeness (QED) is 0.327. The number of carboxylic acid groups (broad SMARTS) is 1. The van der Waals surface area contributed by atoms with Gasteiger partial charge >= 0.3 is 12.3 Å². The minimum atomic E-state index is -4.83. The number of aryl methyl sites for hydroxylation is 1. The Morgan fingerprint density at radius 1 is 1.23 bits per heavy atom. The van der Waals surface area contributed by atoms with E-state index in [1.165, 1.54) is 18.3 Å². The summed E-state index contributed by atoms with van der Waals surface area (Å²) in [5.74, 6) is 0.813. The number of hydrogen-bond donors (Lipinski definition) is 1. The smallest absolute Gasteiger partial charge is 0.478 e. The minimum absolute atomic E-state index is 0.0377. The molecule has 0 amide bonds. The van der Waals surface area contributed by atoms with Crippen molar-refractivity contribution in [3.63, 3.8) is 0 Å². The van der Waals surface area contributed by atoms with Crippen molar-refractivity contribution in [2.24, 2.45) is 5.92 Å². The summed E-state index contributed by atoms with van der Waals surface area (Å²) in [4.78, 5) is 18.2. The summed E-state index contributed by atoms with van der Waals surface area (Å²) in [6.07, 6.45) is 2.30. The third-order valence-electron chi connectivity index (χ3n) is 9.07. The lowest BCUT2D eigenvalue weighted by Gasteiger charge is -2.42. The molecule has 40 heavy (non-hydrogen) atoms. The van der Waals surface area contributed by atoms with Crippen LogP contribution in [0, 0.1) is 12.8 Å². The molecule has 0 radical (unpaired) electrons. The number of para-hydroxylation sites is 1. The number of ether oxygens (including phenoxy) is 2. The zero-order valence-corrected chi connectivity index (χ0v) is 21.8. The molecule has 1 aromatic carbocycles. The fraction of sp³-hybridized carbons (Fsp3) is 0.483. The Hall–Kier alpha value is -3.60. The maximum absolute atomic E-state index is 13.1. The molecule has 1 aliphatic heterocycles. The minimum Gasteiger partial charge on any atom is -0.478 e. The first-order valence-electron chi connectivity index (χ1n) is 13.6. The first-order chi connectivity index (χ1) is 19.2. The van der Waals surface area contributed by atoms with Crippen LogP contribution in [0.4, 0.5) is 19.0 Å². The Kier molecular flexibility index (Phi) is 5.68. The molecule has 4 fully saturated rings. The van der Waals surface area contributed by atoms with E-state index in [2.05, 4.69) is 19.8 Å². The summed E-state index contributed by atoms with van der Waals surface area (Å²) in [7, 11) is 0. The highest BCUT2D eigenvalue weighted by Crippen LogP contribution is 2.66. The van der Waals surface area contributed by atoms with Gasteiger partial charge in [-0.2, -0.15) is 0 Å². The Bertz CT molecular complexity index is 1490. The Labute approximate surface area is 228 Å². The van der Waals surface area contributed by atoms with Gasteiger partial charge in [0.05, 0.1) is 29.9 Å². The highest BCUT2D eigenvalue weighted by atomic mass is 19.4. The van der Waals surface area contributed by atoms with Gasteiger partial charge in [-0.15, -0.1) is 13.2 Å². The van der Waals surface area contributed by atoms with Crippen LogP contribution >= 0.6 is 0 Å². The third-order valence-corrected chi connectivity index (χ3v) is 9.07. The molecule has 8 nitrogen and oxygen atoms in total. The highest BCUT2D eigenvalue weighted by Gasteiger charge is 2.73. The van der Waals surface area contributed by atoms with E-state index in [1.807, 2.05) is 6.07 Å². The van der Waals surface area contributed by atoms with Crippen LogP contribution in [-0.2, 0) is 11.3 Å². The molecule has 7 rings (SSSR count). The summed E-state index contributed by atoms with van der Waals surface area (Å²) in [6.45, 7) is 1.97. The van der Waals surface area contributed by atoms with E-state index in [4.69, 9.17) is 9.26 Å². The lowest BCUT2D eigenvalue weighted by atomic mass is 9.64. The molecule has 3 saturated carbocycles. The standard InChI is InChI=1S/C29H28F3N3O5/c1-15-10-24(33-13-20(15)27(36)37)35-23-12-18(11-17-8-9-28(17,23)35)38-14-21-25(34-40-26(21)16-6-7-16)19-4-2-3-5-22(19)39-29(30,31)32/h2-5,10,13,16-18,23H,6-9,11-12,14H2,1H3,(H,36,37)/t17-,18-,23?,28?,35?/m0/s1. The normalized spacial score (nSPS) is 27.0. The Morgan fingerprint density at radius 2 is 2.02 bits per heavy atom. The van der Waals surface area contributed by atoms with E-state index in [-0.39, 0.29) is 47.1 Å². The zero-order valence-electron chi connectivity index (χ0n) is 21.8. The highest BCUT2D eigenvalue weighted by molar-refractivity contribution is 5.89. The van der Waals surface area contributed by atoms with Crippen LogP contribution < -0.4 is 9.64 Å². The number of carbonyl (C=O) groups is 1. The van der Waals surface area contributed by atoms with Crippen molar-refractivity contribution in [1.82, 2.24) is 10.1 Å². The van der Waals surface area contributed by atoms with E-state index in [9.17, 15) is 23.1 Å². The SMILES string of the molecule is Cc1cc(N2C3C[C@@H](OCc4c(-c5ccccc5OC(F)(F)F)noc4C4CC4)C[C@@H]4CCC342)ncc1C(=O)O. The van der Waals surface area contributed by atoms with Gasteiger partial charge in [-0.05, 0) is 75.1 Å². The summed E-state index contributed by atoms with van der Waals surface area (Å²) in [6, 6.07) is 8.08. The molecule has 3 aromatic rings. The molecule has 3 heterocycles. The van der Waals surface area contributed by atoms with Crippen molar-refractivity contribution in [3.8, 4) is 17.0 Å². The molecule has 4 atom stereocenters. The van der Waals surface area contributed by atoms with Crippen LogP contribution in [0.15, 0.2) is 41.1 Å². The largest absolute Gasteiger partial charge is 0.573 e. The molecule has 3 aliphatic carbocycles. The topological polar surface area (TPSA) is 97.7 Å². The number of halogens is 3. The summed E-state index contributed by atoms with van der Waals surface area (Å²) in [5.41, 5.74) is 2.18. The number of alkyl halides is 3. The number of nitrogens with zero attached hydrogens (tertiary/aromatic N) is 3. The molecule has 4 aliphatic rings. The van der Waals surface area contributed by atoms with Crippen molar-refractivity contribution in [3.05, 3.63) is 59.0 Å². The number of aromatic nitrogens is 2.